The first-order chi connectivity index (χ1) is 69.0. The predicted molar refractivity (Wildman–Crippen MR) is 547 cm³/mol. The van der Waals surface area contributed by atoms with E-state index in [4.69, 9.17) is 47.4 Å². The number of ether oxygens (including phenoxy) is 10. The molecule has 0 aromatic rings. The highest BCUT2D eigenvalue weighted by molar-refractivity contribution is 6.17. The lowest BCUT2D eigenvalue weighted by Crippen LogP contribution is -2.57. The lowest BCUT2D eigenvalue weighted by molar-refractivity contribution is -0.160. The monoisotopic (exact) mass is 2050 g/mol. The van der Waals surface area contributed by atoms with E-state index in [1.54, 1.807) is 122 Å². The number of Topliss-reactive ketones (excluding diaryl/α,β-unsaturated/α-hetero) is 6. The Morgan fingerprint density at radius 1 is 0.345 bits per heavy atom. The smallest absolute Gasteiger partial charge is 0.340 e. The molecule has 148 heavy (non-hydrogen) atoms. The minimum absolute atomic E-state index is 0. The van der Waals surface area contributed by atoms with Gasteiger partial charge >= 0.3 is 35.8 Å². The zero-order chi connectivity index (χ0) is 107. The van der Waals surface area contributed by atoms with Crippen molar-refractivity contribution in [2.45, 2.75) is 222 Å². The second-order valence-electron chi connectivity index (χ2n) is 42.2. The first kappa shape index (κ1) is 116. The number of carbonyl (C=O) groups excluding carboxylic acids is 12. The average molecular weight is 2050 g/mol. The number of hydrogen-bond acceptors (Lipinski definition) is 34. The number of aliphatic hydroxyl groups excluding tert-OH is 8. The fraction of sp³-hybridized carbons (Fsp3) is 0.544. The van der Waals surface area contributed by atoms with Crippen LogP contribution in [0.4, 0.5) is 0 Å². The summed E-state index contributed by atoms with van der Waals surface area (Å²) in [7, 11) is 5.88. The quantitative estimate of drug-likeness (QED) is 0.0143. The summed E-state index contributed by atoms with van der Waals surface area (Å²) >= 11 is 0. The van der Waals surface area contributed by atoms with Crippen molar-refractivity contribution in [1.82, 2.24) is 19.6 Å². The van der Waals surface area contributed by atoms with Gasteiger partial charge in [0.2, 0.25) is 23.1 Å². The largest absolute Gasteiger partial charge is 0.504 e. The summed E-state index contributed by atoms with van der Waals surface area (Å²) in [6, 6.07) is 0. The molecule has 0 spiro atoms. The zero-order valence-electron chi connectivity index (χ0n) is 86.0. The van der Waals surface area contributed by atoms with Gasteiger partial charge in [-0.3, -0.25) is 38.4 Å². The van der Waals surface area contributed by atoms with Gasteiger partial charge in [-0.05, 0) is 113 Å². The number of carbonyl (C=O) groups is 12. The minimum Gasteiger partial charge on any atom is -0.504 e. The molecule has 8 fully saturated rings. The molecule has 0 radical (unpaired) electrons. The molecule has 22 atom stereocenters. The molecule has 16 rings (SSSR count). The van der Waals surface area contributed by atoms with Crippen LogP contribution in [0.2, 0.25) is 0 Å². The molecular weight excluding hydrogens is 1910 g/mol. The Labute approximate surface area is 866 Å². The summed E-state index contributed by atoms with van der Waals surface area (Å²) in [5, 5.41) is 90.2. The summed E-state index contributed by atoms with van der Waals surface area (Å²) in [4.78, 5) is 166. The molecule has 12 aliphatic carbocycles. The van der Waals surface area contributed by atoms with E-state index in [1.165, 1.54) is 54.7 Å². The molecule has 16 aliphatic rings. The number of fused-ring (bicyclic) bond motifs is 16. The molecule has 0 bridgehead atoms. The molecule has 4 saturated heterocycles. The van der Waals surface area contributed by atoms with Crippen molar-refractivity contribution in [3.05, 3.63) is 238 Å². The number of aliphatic hydroxyl groups is 8. The summed E-state index contributed by atoms with van der Waals surface area (Å²) in [5.74, 6) is -10.3. The number of cyclic esters (lactones) is 4. The lowest BCUT2D eigenvalue weighted by Gasteiger charge is -2.53. The third-order valence-corrected chi connectivity index (χ3v) is 33.7. The maximum absolute atomic E-state index is 14.0. The Bertz CT molecular complexity index is 5540. The van der Waals surface area contributed by atoms with Crippen LogP contribution in [-0.2, 0) is 105 Å². The number of ketones is 6. The zero-order valence-corrected chi connectivity index (χ0v) is 86.0. The van der Waals surface area contributed by atoms with Gasteiger partial charge in [0, 0.05) is 223 Å². The third kappa shape index (κ3) is 19.0. The van der Waals surface area contributed by atoms with Crippen molar-refractivity contribution >= 4 is 70.5 Å². The highest BCUT2D eigenvalue weighted by Gasteiger charge is 2.71. The van der Waals surface area contributed by atoms with Crippen molar-refractivity contribution in [2.75, 3.05) is 107 Å². The first-order valence-corrected chi connectivity index (χ1v) is 49.6. The molecule has 2 unspecified atom stereocenters. The standard InChI is InChI=1S/2C29H35NO8.2C27H35NO7.2CH4/c2*1-7-11-30(12-8-2)14-17-23-26(34)25(33)22-18-9-10-20(32)28(18,4)13-19(37-16(3)31)24(22)29(23,5)21(15-36-6)38-27(17)35;2*1-6-10-28(11-7-2)13-15-21-24(32)23(31)20-16-8-9-18(30)26(16,3)12-17(29)22(20)27(21,4)19(14-34-5)35-25(15)33;;/h2*7-8,14,18-19,21,34H,1-2,9-13,15H2,3-6H3;2*6-7,13,16-19,29-30,32H,1-2,8-12,14H2,3-5H3;2*1H4/b2*17-14+;15-13+;15-13-;;/t2*18-,19+,21+,28-,29-;2*16-,17+,18?,19+,26-,27-;;/m0000../s1. The van der Waals surface area contributed by atoms with Crippen LogP contribution in [0.25, 0.3) is 0 Å². The van der Waals surface area contributed by atoms with E-state index in [9.17, 15) is 98.4 Å². The summed E-state index contributed by atoms with van der Waals surface area (Å²) < 4.78 is 56.6. The fourth-order valence-electron chi connectivity index (χ4n) is 27.0. The van der Waals surface area contributed by atoms with Crippen LogP contribution in [-0.4, -0.2) is 299 Å². The highest BCUT2D eigenvalue weighted by atomic mass is 16.6. The molecule has 804 valence electrons. The van der Waals surface area contributed by atoms with Gasteiger partial charge in [-0.25, -0.2) is 19.2 Å². The van der Waals surface area contributed by atoms with Gasteiger partial charge in [-0.1, -0.05) is 91.2 Å². The summed E-state index contributed by atoms with van der Waals surface area (Å²) in [5.41, 5.74) is -4.55. The Morgan fingerprint density at radius 3 is 0.784 bits per heavy atom. The second-order valence-corrected chi connectivity index (χ2v) is 42.2. The van der Waals surface area contributed by atoms with Crippen LogP contribution in [0.3, 0.4) is 0 Å². The molecule has 0 aromatic heterocycles. The van der Waals surface area contributed by atoms with E-state index in [1.807, 2.05) is 13.8 Å². The van der Waals surface area contributed by atoms with E-state index in [2.05, 4.69) is 52.6 Å². The molecule has 8 N–H and O–H groups in total. The molecule has 34 nitrogen and oxygen atoms in total. The van der Waals surface area contributed by atoms with Crippen LogP contribution < -0.4 is 0 Å². The van der Waals surface area contributed by atoms with E-state index < -0.39 is 198 Å². The van der Waals surface area contributed by atoms with E-state index in [0.29, 0.717) is 124 Å². The van der Waals surface area contributed by atoms with Gasteiger partial charge < -0.3 is 108 Å². The summed E-state index contributed by atoms with van der Waals surface area (Å²) in [6.45, 7) is 50.0. The van der Waals surface area contributed by atoms with Gasteiger partial charge in [0.15, 0.2) is 23.0 Å². The molecule has 4 saturated carbocycles. The average Bonchev–Trinajstić information content (AvgIpc) is 1.14. The van der Waals surface area contributed by atoms with Crippen molar-refractivity contribution in [1.29, 1.82) is 0 Å². The van der Waals surface area contributed by atoms with Crippen LogP contribution in [0.5, 0.6) is 0 Å². The van der Waals surface area contributed by atoms with Crippen molar-refractivity contribution in [3.8, 4) is 0 Å². The normalized spacial score (nSPS) is 34.9. The van der Waals surface area contributed by atoms with Crippen molar-refractivity contribution in [2.24, 2.45) is 67.0 Å². The van der Waals surface area contributed by atoms with Crippen molar-refractivity contribution in [3.63, 3.8) is 0 Å². The van der Waals surface area contributed by atoms with Gasteiger partial charge in [0.05, 0.1) is 94.8 Å². The predicted octanol–water partition coefficient (Wildman–Crippen LogP) is 12.3. The molecule has 0 aromatic carbocycles. The van der Waals surface area contributed by atoms with Crippen LogP contribution in [0.15, 0.2) is 238 Å². The van der Waals surface area contributed by atoms with Crippen LogP contribution in [0, 0.1) is 67.0 Å². The fourth-order valence-corrected chi connectivity index (χ4v) is 27.0. The minimum atomic E-state index is -1.27. The second kappa shape index (κ2) is 44.9. The van der Waals surface area contributed by atoms with E-state index in [0.717, 1.165) is 0 Å². The Balaban J connectivity index is 0.000000187. The van der Waals surface area contributed by atoms with Gasteiger partial charge in [-0.15, -0.1) is 52.6 Å². The maximum Gasteiger partial charge on any atom is 0.340 e. The molecule has 34 heteroatoms. The lowest BCUT2D eigenvalue weighted by atomic mass is 9.53. The first-order valence-electron chi connectivity index (χ1n) is 49.6. The van der Waals surface area contributed by atoms with Gasteiger partial charge in [0.25, 0.3) is 0 Å². The Hall–Kier alpha value is -12.3. The molecule has 4 heterocycles. The third-order valence-electron chi connectivity index (χ3n) is 33.7. The SMILES string of the molecule is C.C.C=CCN(/C=C1/C(=O)O[C@H](COC)[C@@]2(C)C1=C(O)C(=O)C1=C2[C@H](O)C[C@]2(C)C(O)CC[C@@H]12)CC=C.C=CCN(/C=C1/C(=O)O[C@H](COC)[C@@]2(C)C1=C(O)C(=O)C1=C2[C@H](OC(C)=O)C[C@]2(C)C(=O)CC[C@@H]12)CC=C.C=CCN(/C=C1/C(=O)O[C@H](COC)[C@@]2(C)C1=C(O)C(=O)C1=C2[C@H](OC(C)=O)C[C@]2(C)C(=O)CC[C@@H]12)CC=C.C=CCN(/C=C1\C(=O)O[C@H](COC)[C@@]2(C)C1=C(O)C(=O)C1=C2[C@H](O)C[C@]2(C)C(O)CC[C@@H]12)CC=C. The Morgan fingerprint density at radius 2 is 0.568 bits per heavy atom. The number of methoxy groups -OCH3 is 4. The Kier molecular flexibility index (Phi) is 35.2. The topological polar surface area (TPSA) is 472 Å². The number of esters is 6. The summed E-state index contributed by atoms with van der Waals surface area (Å²) in [6.07, 6.45) is 15.0. The number of allylic oxidation sites excluding steroid dienone is 4. The molecule has 4 aliphatic heterocycles. The number of rotatable bonds is 30. The van der Waals surface area contributed by atoms with E-state index >= 15 is 0 Å². The highest BCUT2D eigenvalue weighted by Crippen LogP contribution is 2.69. The number of hydrogen-bond donors (Lipinski definition) is 8. The maximum atomic E-state index is 14.0. The van der Waals surface area contributed by atoms with Crippen LogP contribution >= 0.6 is 0 Å². The van der Waals surface area contributed by atoms with Crippen LogP contribution in [0.1, 0.15) is 161 Å². The van der Waals surface area contributed by atoms with E-state index in [-0.39, 0.29) is 159 Å². The molecular formula is C114H148N4O30. The van der Waals surface area contributed by atoms with Gasteiger partial charge in [0.1, 0.15) is 48.2 Å². The van der Waals surface area contributed by atoms with Gasteiger partial charge in [-0.2, -0.15) is 0 Å². The van der Waals surface area contributed by atoms with Crippen molar-refractivity contribution < 1.29 is 146 Å². The number of nitrogens with zero attached hydrogens (tertiary/aromatic N) is 4. The molecule has 0 amide bonds.